The number of hydrogen-bond acceptors (Lipinski definition) is 0. The molecule has 1 aromatic rings. The van der Waals surface area contributed by atoms with E-state index < -0.39 is 11.7 Å². The number of hydrogen-bond donors (Lipinski definition) is 0. The van der Waals surface area contributed by atoms with Gasteiger partial charge >= 0.3 is 6.18 Å². The SMILES string of the molecule is CC1(C)CC(c2ccccc2C(F)(F)F)=CC(Cl)C1. The molecule has 2 rings (SSSR count). The van der Waals surface area contributed by atoms with Crippen molar-refractivity contribution in [3.63, 3.8) is 0 Å². The molecule has 0 nitrogen and oxygen atoms in total. The quantitative estimate of drug-likeness (QED) is 0.597. The van der Waals surface area contributed by atoms with Crippen molar-refractivity contribution in [3.05, 3.63) is 41.5 Å². The molecule has 0 amide bonds. The number of benzene rings is 1. The maximum atomic E-state index is 13.0. The van der Waals surface area contributed by atoms with Crippen molar-refractivity contribution in [2.75, 3.05) is 0 Å². The summed E-state index contributed by atoms with van der Waals surface area (Å²) < 4.78 is 39.1. The van der Waals surface area contributed by atoms with E-state index in [0.29, 0.717) is 12.0 Å². The second kappa shape index (κ2) is 4.86. The van der Waals surface area contributed by atoms with E-state index in [1.807, 2.05) is 13.8 Å². The molecule has 0 heterocycles. The van der Waals surface area contributed by atoms with Gasteiger partial charge in [0.15, 0.2) is 0 Å². The second-order valence-electron chi connectivity index (χ2n) is 5.80. The predicted molar refractivity (Wildman–Crippen MR) is 72.1 cm³/mol. The largest absolute Gasteiger partial charge is 0.416 e. The molecule has 0 aromatic heterocycles. The van der Waals surface area contributed by atoms with Gasteiger partial charge in [0.25, 0.3) is 0 Å². The van der Waals surface area contributed by atoms with Crippen LogP contribution in [0.5, 0.6) is 0 Å². The van der Waals surface area contributed by atoms with Crippen molar-refractivity contribution in [1.29, 1.82) is 0 Å². The smallest absolute Gasteiger partial charge is 0.166 e. The minimum Gasteiger partial charge on any atom is -0.166 e. The van der Waals surface area contributed by atoms with E-state index in [1.54, 1.807) is 12.1 Å². The zero-order chi connectivity index (χ0) is 14.3. The van der Waals surface area contributed by atoms with Gasteiger partial charge in [-0.25, -0.2) is 0 Å². The molecular formula is C15H16ClF3. The summed E-state index contributed by atoms with van der Waals surface area (Å²) >= 11 is 6.15. The monoisotopic (exact) mass is 288 g/mol. The Kier molecular flexibility index (Phi) is 3.69. The first-order valence-electron chi connectivity index (χ1n) is 6.20. The Morgan fingerprint density at radius 3 is 2.42 bits per heavy atom. The van der Waals surface area contributed by atoms with E-state index in [9.17, 15) is 13.2 Å². The molecule has 0 saturated carbocycles. The van der Waals surface area contributed by atoms with Crippen molar-refractivity contribution >= 4 is 17.2 Å². The van der Waals surface area contributed by atoms with Gasteiger partial charge in [0.1, 0.15) is 0 Å². The highest BCUT2D eigenvalue weighted by Crippen LogP contribution is 2.44. The minimum atomic E-state index is -4.33. The lowest BCUT2D eigenvalue weighted by Gasteiger charge is -2.33. The molecule has 1 unspecified atom stereocenters. The summed E-state index contributed by atoms with van der Waals surface area (Å²) in [6.45, 7) is 4.07. The second-order valence-corrected chi connectivity index (χ2v) is 6.36. The molecule has 1 atom stereocenters. The first kappa shape index (κ1) is 14.4. The third kappa shape index (κ3) is 3.33. The predicted octanol–water partition coefficient (Wildman–Crippen LogP) is 5.52. The number of alkyl halides is 4. The molecule has 0 bridgehead atoms. The van der Waals surface area contributed by atoms with Crippen molar-refractivity contribution in [3.8, 4) is 0 Å². The van der Waals surface area contributed by atoms with Gasteiger partial charge < -0.3 is 0 Å². The van der Waals surface area contributed by atoms with Gasteiger partial charge in [0, 0.05) is 0 Å². The van der Waals surface area contributed by atoms with Crippen LogP contribution in [0, 0.1) is 5.41 Å². The molecule has 1 aromatic carbocycles. The highest BCUT2D eigenvalue weighted by molar-refractivity contribution is 6.22. The molecule has 19 heavy (non-hydrogen) atoms. The first-order valence-corrected chi connectivity index (χ1v) is 6.64. The van der Waals surface area contributed by atoms with Crippen LogP contribution in [0.4, 0.5) is 13.2 Å². The molecule has 0 N–H and O–H groups in total. The molecule has 0 saturated heterocycles. The lowest BCUT2D eigenvalue weighted by atomic mass is 9.75. The van der Waals surface area contributed by atoms with Crippen LogP contribution in [0.1, 0.15) is 37.8 Å². The van der Waals surface area contributed by atoms with Crippen LogP contribution in [0.2, 0.25) is 0 Å². The van der Waals surface area contributed by atoms with Crippen molar-refractivity contribution in [2.24, 2.45) is 5.41 Å². The van der Waals surface area contributed by atoms with Crippen LogP contribution in [-0.4, -0.2) is 5.38 Å². The number of allylic oxidation sites excluding steroid dienone is 2. The van der Waals surface area contributed by atoms with Gasteiger partial charge in [-0.3, -0.25) is 0 Å². The fraction of sp³-hybridized carbons (Fsp3) is 0.467. The van der Waals surface area contributed by atoms with Crippen LogP contribution in [0.3, 0.4) is 0 Å². The van der Waals surface area contributed by atoms with Gasteiger partial charge in [-0.2, -0.15) is 13.2 Å². The Hall–Kier alpha value is -0.960. The van der Waals surface area contributed by atoms with E-state index >= 15 is 0 Å². The molecule has 0 spiro atoms. The average molecular weight is 289 g/mol. The summed E-state index contributed by atoms with van der Waals surface area (Å²) in [6.07, 6.45) is -1.17. The van der Waals surface area contributed by atoms with Crippen LogP contribution in [-0.2, 0) is 6.18 Å². The van der Waals surface area contributed by atoms with Gasteiger partial charge in [-0.05, 0) is 35.5 Å². The Morgan fingerprint density at radius 1 is 1.21 bits per heavy atom. The minimum absolute atomic E-state index is 0.0742. The van der Waals surface area contributed by atoms with Gasteiger partial charge in [0.05, 0.1) is 10.9 Å². The van der Waals surface area contributed by atoms with Gasteiger partial charge in [0.2, 0.25) is 0 Å². The summed E-state index contributed by atoms with van der Waals surface area (Å²) in [7, 11) is 0. The molecule has 104 valence electrons. The lowest BCUT2D eigenvalue weighted by Crippen LogP contribution is -2.22. The lowest BCUT2D eigenvalue weighted by molar-refractivity contribution is -0.137. The summed E-state index contributed by atoms with van der Waals surface area (Å²) in [5.41, 5.74) is 0.301. The van der Waals surface area contributed by atoms with Crippen LogP contribution in [0.25, 0.3) is 5.57 Å². The Morgan fingerprint density at radius 2 is 1.84 bits per heavy atom. The van der Waals surface area contributed by atoms with Crippen molar-refractivity contribution < 1.29 is 13.2 Å². The molecule has 0 aliphatic heterocycles. The Labute approximate surface area is 116 Å². The summed E-state index contributed by atoms with van der Waals surface area (Å²) in [5.74, 6) is 0. The zero-order valence-electron chi connectivity index (χ0n) is 10.9. The summed E-state index contributed by atoms with van der Waals surface area (Å²) in [4.78, 5) is 0. The highest BCUT2D eigenvalue weighted by atomic mass is 35.5. The maximum Gasteiger partial charge on any atom is 0.416 e. The third-order valence-electron chi connectivity index (χ3n) is 3.38. The fourth-order valence-corrected chi connectivity index (χ4v) is 3.22. The fourth-order valence-electron chi connectivity index (χ4n) is 2.65. The average Bonchev–Trinajstić information content (AvgIpc) is 2.25. The van der Waals surface area contributed by atoms with E-state index in [-0.39, 0.29) is 16.4 Å². The van der Waals surface area contributed by atoms with Crippen LogP contribution < -0.4 is 0 Å². The van der Waals surface area contributed by atoms with E-state index in [0.717, 1.165) is 12.5 Å². The summed E-state index contributed by atoms with van der Waals surface area (Å²) in [5, 5.41) is -0.208. The molecule has 0 radical (unpaired) electrons. The third-order valence-corrected chi connectivity index (χ3v) is 3.66. The van der Waals surface area contributed by atoms with Crippen molar-refractivity contribution in [2.45, 2.75) is 38.2 Å². The van der Waals surface area contributed by atoms with E-state index in [1.165, 1.54) is 12.1 Å². The number of halogens is 4. The topological polar surface area (TPSA) is 0 Å². The van der Waals surface area contributed by atoms with E-state index in [4.69, 9.17) is 11.6 Å². The Bertz CT molecular complexity index is 500. The van der Waals surface area contributed by atoms with Crippen molar-refractivity contribution in [1.82, 2.24) is 0 Å². The molecule has 1 aliphatic carbocycles. The van der Waals surface area contributed by atoms with Gasteiger partial charge in [-0.15, -0.1) is 11.6 Å². The standard InChI is InChI=1S/C15H16ClF3/c1-14(2)8-10(7-11(16)9-14)12-5-3-4-6-13(12)15(17,18)19/h3-7,11H,8-9H2,1-2H3. The normalized spacial score (nSPS) is 23.1. The molecule has 4 heteroatoms. The Balaban J connectivity index is 2.48. The molecular weight excluding hydrogens is 273 g/mol. The molecule has 0 fully saturated rings. The maximum absolute atomic E-state index is 13.0. The van der Waals surface area contributed by atoms with E-state index in [2.05, 4.69) is 0 Å². The first-order chi connectivity index (χ1) is 8.69. The zero-order valence-corrected chi connectivity index (χ0v) is 11.6. The van der Waals surface area contributed by atoms with Crippen LogP contribution >= 0.6 is 11.6 Å². The number of rotatable bonds is 1. The van der Waals surface area contributed by atoms with Gasteiger partial charge in [-0.1, -0.05) is 38.1 Å². The highest BCUT2D eigenvalue weighted by Gasteiger charge is 2.36. The molecule has 1 aliphatic rings. The van der Waals surface area contributed by atoms with Crippen LogP contribution in [0.15, 0.2) is 30.3 Å². The summed E-state index contributed by atoms with van der Waals surface area (Å²) in [6, 6.07) is 5.70.